The van der Waals surface area contributed by atoms with Crippen molar-refractivity contribution < 1.29 is 9.82 Å². The molecule has 1 saturated heterocycles. The van der Waals surface area contributed by atoms with E-state index in [1.54, 1.807) is 0 Å². The van der Waals surface area contributed by atoms with Crippen molar-refractivity contribution in [3.8, 4) is 0 Å². The van der Waals surface area contributed by atoms with E-state index in [0.717, 1.165) is 31.6 Å². The summed E-state index contributed by atoms with van der Waals surface area (Å²) in [6.07, 6.45) is 2.10. The lowest BCUT2D eigenvalue weighted by atomic mass is 9.79. The van der Waals surface area contributed by atoms with E-state index in [4.69, 9.17) is 0 Å². The summed E-state index contributed by atoms with van der Waals surface area (Å²) in [6.45, 7) is 9.60. The molecule has 1 aromatic rings. The zero-order chi connectivity index (χ0) is 16.3. The van der Waals surface area contributed by atoms with E-state index in [-0.39, 0.29) is 18.9 Å². The highest BCUT2D eigenvalue weighted by Gasteiger charge is 2.25. The van der Waals surface area contributed by atoms with E-state index in [9.17, 15) is 9.82 Å². The molecule has 0 spiro atoms. The topological polar surface area (TPSA) is 52.6 Å². The lowest BCUT2D eigenvalue weighted by Gasteiger charge is -2.33. The molecule has 1 aliphatic heterocycles. The molecule has 0 atom stereocenters. The first-order valence-corrected chi connectivity index (χ1v) is 8.22. The van der Waals surface area contributed by atoms with Crippen molar-refractivity contribution in [2.24, 2.45) is 5.92 Å². The maximum atomic E-state index is 11.9. The van der Waals surface area contributed by atoms with E-state index in [1.807, 2.05) is 26.7 Å². The first-order chi connectivity index (χ1) is 10.4. The molecule has 0 saturated carbocycles. The highest BCUT2D eigenvalue weighted by molar-refractivity contribution is 6.45. The fraction of sp³-hybridized carbons (Fsp3) is 0.588. The Balaban J connectivity index is 2.09. The maximum absolute atomic E-state index is 11.9. The molecule has 22 heavy (non-hydrogen) atoms. The van der Waals surface area contributed by atoms with E-state index >= 15 is 0 Å². The van der Waals surface area contributed by atoms with Gasteiger partial charge >= 0.3 is 7.05 Å². The third-order valence-corrected chi connectivity index (χ3v) is 4.57. The van der Waals surface area contributed by atoms with E-state index in [2.05, 4.69) is 29.2 Å². The fourth-order valence-electron chi connectivity index (χ4n) is 3.03. The molecular weight excluding hydrogens is 275 g/mol. The lowest BCUT2D eigenvalue weighted by Crippen LogP contribution is -2.42. The van der Waals surface area contributed by atoms with Gasteiger partial charge in [0, 0.05) is 11.6 Å². The van der Waals surface area contributed by atoms with Crippen LogP contribution in [0.3, 0.4) is 0 Å². The number of carbonyl (C=O) groups is 1. The molecule has 2 N–H and O–H groups in total. The third kappa shape index (κ3) is 4.11. The van der Waals surface area contributed by atoms with Crippen LogP contribution in [-0.2, 0) is 4.79 Å². The predicted octanol–water partition coefficient (Wildman–Crippen LogP) is 2.88. The van der Waals surface area contributed by atoms with Crippen molar-refractivity contribution in [3.05, 3.63) is 29.3 Å². The second-order valence-electron chi connectivity index (χ2n) is 6.66. The zero-order valence-corrected chi connectivity index (χ0v) is 14.1. The number of carbonyl (C=O) groups excluding carboxylic acids is 1. The second kappa shape index (κ2) is 7.29. The number of amides is 1. The van der Waals surface area contributed by atoms with Gasteiger partial charge in [0.15, 0.2) is 0 Å². The van der Waals surface area contributed by atoms with E-state index in [0.29, 0.717) is 5.92 Å². The predicted molar refractivity (Wildman–Crippen MR) is 92.0 cm³/mol. The van der Waals surface area contributed by atoms with Crippen molar-refractivity contribution in [2.75, 3.05) is 18.4 Å². The van der Waals surface area contributed by atoms with Crippen molar-refractivity contribution in [1.82, 2.24) is 4.81 Å². The minimum absolute atomic E-state index is 0.0148. The Bertz CT molecular complexity index is 523. The van der Waals surface area contributed by atoms with Crippen LogP contribution in [0.5, 0.6) is 0 Å². The van der Waals surface area contributed by atoms with Crippen LogP contribution < -0.4 is 5.32 Å². The number of aryl methyl sites for hydroxylation is 1. The van der Waals surface area contributed by atoms with Crippen molar-refractivity contribution >= 4 is 18.6 Å². The van der Waals surface area contributed by atoms with Gasteiger partial charge in [-0.05, 0) is 68.9 Å². The standard InChI is InChI=1S/C17H27BN2O2/c1-12(2)17(21)19-15-6-5-13(3)16(11-15)14-7-9-20(10-8-14)18(4)22/h5-6,11-12,14,22H,7-10H2,1-4H3,(H,19,21). The minimum atomic E-state index is -0.362. The van der Waals surface area contributed by atoms with Gasteiger partial charge in [-0.2, -0.15) is 0 Å². The van der Waals surface area contributed by atoms with Crippen LogP contribution in [0.15, 0.2) is 18.2 Å². The van der Waals surface area contributed by atoms with E-state index < -0.39 is 0 Å². The largest absolute Gasteiger partial charge is 0.437 e. The van der Waals surface area contributed by atoms with Crippen LogP contribution in [0.1, 0.15) is 43.7 Å². The van der Waals surface area contributed by atoms with Gasteiger partial charge in [0.05, 0.1) is 0 Å². The molecule has 1 heterocycles. The Labute approximate surface area is 134 Å². The number of benzene rings is 1. The Hall–Kier alpha value is -1.33. The third-order valence-electron chi connectivity index (χ3n) is 4.57. The molecule has 4 nitrogen and oxygen atoms in total. The zero-order valence-electron chi connectivity index (χ0n) is 14.1. The van der Waals surface area contributed by atoms with Crippen molar-refractivity contribution in [2.45, 2.75) is 46.4 Å². The molecule has 1 amide bonds. The monoisotopic (exact) mass is 302 g/mol. The van der Waals surface area contributed by atoms with Crippen molar-refractivity contribution in [3.63, 3.8) is 0 Å². The van der Waals surface area contributed by atoms with Gasteiger partial charge in [-0.3, -0.25) is 4.79 Å². The first kappa shape index (κ1) is 17.0. The quantitative estimate of drug-likeness (QED) is 0.841. The van der Waals surface area contributed by atoms with Gasteiger partial charge in [-0.25, -0.2) is 0 Å². The minimum Gasteiger partial charge on any atom is -0.437 e. The molecular formula is C17H27BN2O2. The average molecular weight is 302 g/mol. The number of nitrogens with zero attached hydrogens (tertiary/aromatic N) is 1. The summed E-state index contributed by atoms with van der Waals surface area (Å²) >= 11 is 0. The van der Waals surface area contributed by atoms with Gasteiger partial charge in [0.25, 0.3) is 0 Å². The number of nitrogens with one attached hydrogen (secondary N) is 1. The Morgan fingerprint density at radius 1 is 1.36 bits per heavy atom. The molecule has 0 aromatic heterocycles. The van der Waals surface area contributed by atoms with Crippen LogP contribution in [-0.4, -0.2) is 35.9 Å². The summed E-state index contributed by atoms with van der Waals surface area (Å²) in [4.78, 5) is 14.0. The highest BCUT2D eigenvalue weighted by atomic mass is 16.2. The molecule has 120 valence electrons. The summed E-state index contributed by atoms with van der Waals surface area (Å²) in [7, 11) is -0.362. The summed E-state index contributed by atoms with van der Waals surface area (Å²) in [5, 5.41) is 12.6. The molecule has 0 bridgehead atoms. The molecule has 0 aliphatic carbocycles. The number of hydrogen-bond donors (Lipinski definition) is 2. The number of rotatable bonds is 4. The first-order valence-electron chi connectivity index (χ1n) is 8.22. The normalized spacial score (nSPS) is 16.8. The maximum Gasteiger partial charge on any atom is 0.376 e. The molecule has 1 fully saturated rings. The van der Waals surface area contributed by atoms with Crippen LogP contribution in [0.25, 0.3) is 0 Å². The molecule has 5 heteroatoms. The second-order valence-corrected chi connectivity index (χ2v) is 6.66. The average Bonchev–Trinajstić information content (AvgIpc) is 2.49. The Morgan fingerprint density at radius 2 is 2.00 bits per heavy atom. The summed E-state index contributed by atoms with van der Waals surface area (Å²) < 4.78 is 0. The van der Waals surface area contributed by atoms with Gasteiger partial charge in [0.2, 0.25) is 5.91 Å². The molecule has 2 rings (SSSR count). The van der Waals surface area contributed by atoms with Gasteiger partial charge in [0.1, 0.15) is 0 Å². The van der Waals surface area contributed by atoms with E-state index in [1.165, 1.54) is 11.1 Å². The summed E-state index contributed by atoms with van der Waals surface area (Å²) in [5.74, 6) is 0.545. The molecule has 1 aliphatic rings. The molecule has 0 radical (unpaired) electrons. The fourth-order valence-corrected chi connectivity index (χ4v) is 3.03. The molecule has 0 unspecified atom stereocenters. The molecule has 1 aromatic carbocycles. The number of anilines is 1. The SMILES string of the molecule is CB(O)N1CCC(c2cc(NC(=O)C(C)C)ccc2C)CC1. The smallest absolute Gasteiger partial charge is 0.376 e. The highest BCUT2D eigenvalue weighted by Crippen LogP contribution is 2.32. The number of piperidine rings is 1. The van der Waals surface area contributed by atoms with Crippen LogP contribution in [0.2, 0.25) is 6.82 Å². The van der Waals surface area contributed by atoms with Gasteiger partial charge < -0.3 is 15.2 Å². The van der Waals surface area contributed by atoms with Gasteiger partial charge in [-0.15, -0.1) is 0 Å². The number of hydrogen-bond acceptors (Lipinski definition) is 3. The lowest BCUT2D eigenvalue weighted by molar-refractivity contribution is -0.118. The van der Waals surface area contributed by atoms with Gasteiger partial charge in [-0.1, -0.05) is 19.9 Å². The summed E-state index contributed by atoms with van der Waals surface area (Å²) in [6, 6.07) is 6.19. The Morgan fingerprint density at radius 3 is 2.55 bits per heavy atom. The van der Waals surface area contributed by atoms with Crippen LogP contribution >= 0.6 is 0 Å². The van der Waals surface area contributed by atoms with Crippen molar-refractivity contribution in [1.29, 1.82) is 0 Å². The van der Waals surface area contributed by atoms with Crippen LogP contribution in [0.4, 0.5) is 5.69 Å². The Kier molecular flexibility index (Phi) is 5.65. The van der Waals surface area contributed by atoms with Crippen LogP contribution in [0, 0.1) is 12.8 Å². The summed E-state index contributed by atoms with van der Waals surface area (Å²) in [5.41, 5.74) is 3.49.